The summed E-state index contributed by atoms with van der Waals surface area (Å²) in [5.74, 6) is 0. The predicted octanol–water partition coefficient (Wildman–Crippen LogP) is 4.46. The number of aromatic nitrogens is 3. The van der Waals surface area contributed by atoms with Crippen LogP contribution in [0.1, 0.15) is 0 Å². The molecule has 0 aliphatic heterocycles. The Labute approximate surface area is 127 Å². The molecule has 1 aromatic carbocycles. The Balaban J connectivity index is 2.02. The van der Waals surface area contributed by atoms with E-state index < -0.39 is 0 Å². The van der Waals surface area contributed by atoms with Crippen molar-refractivity contribution >= 4 is 31.9 Å². The summed E-state index contributed by atoms with van der Waals surface area (Å²) >= 11 is 6.96. The Morgan fingerprint density at radius 3 is 2.37 bits per heavy atom. The highest BCUT2D eigenvalue weighted by Crippen LogP contribution is 2.23. The molecule has 0 unspecified atom stereocenters. The third kappa shape index (κ3) is 2.77. The smallest absolute Gasteiger partial charge is 0.111 e. The molecule has 0 saturated heterocycles. The quantitative estimate of drug-likeness (QED) is 0.659. The second-order valence-electron chi connectivity index (χ2n) is 3.99. The number of pyridine rings is 1. The molecule has 2 aromatic heterocycles. The van der Waals surface area contributed by atoms with E-state index in [0.717, 1.165) is 26.0 Å². The molecular formula is C14H9Br2N3. The van der Waals surface area contributed by atoms with Gasteiger partial charge in [-0.05, 0) is 36.4 Å². The lowest BCUT2D eigenvalue weighted by Gasteiger charge is -2.03. The van der Waals surface area contributed by atoms with Gasteiger partial charge in [-0.3, -0.25) is 4.98 Å². The van der Waals surface area contributed by atoms with Crippen LogP contribution < -0.4 is 0 Å². The van der Waals surface area contributed by atoms with Crippen molar-refractivity contribution in [2.45, 2.75) is 0 Å². The summed E-state index contributed by atoms with van der Waals surface area (Å²) in [5.41, 5.74) is 2.72. The summed E-state index contributed by atoms with van der Waals surface area (Å²) < 4.78 is 3.85. The van der Waals surface area contributed by atoms with Gasteiger partial charge in [-0.1, -0.05) is 37.9 Å². The topological polar surface area (TPSA) is 30.7 Å². The maximum absolute atomic E-state index is 4.55. The van der Waals surface area contributed by atoms with Crippen LogP contribution in [-0.2, 0) is 0 Å². The first-order valence-electron chi connectivity index (χ1n) is 5.66. The molecule has 0 bridgehead atoms. The molecule has 3 aromatic rings. The average Bonchev–Trinajstić information content (AvgIpc) is 2.88. The first-order valence-corrected chi connectivity index (χ1v) is 7.24. The first-order chi connectivity index (χ1) is 9.22. The third-order valence-corrected chi connectivity index (χ3v) is 3.54. The minimum absolute atomic E-state index is 0.858. The van der Waals surface area contributed by atoms with Gasteiger partial charge in [0.15, 0.2) is 0 Å². The molecule has 0 aliphatic rings. The summed E-state index contributed by atoms with van der Waals surface area (Å²) in [6.45, 7) is 0. The van der Waals surface area contributed by atoms with E-state index in [1.807, 2.05) is 53.3 Å². The van der Waals surface area contributed by atoms with E-state index >= 15 is 0 Å². The molecule has 19 heavy (non-hydrogen) atoms. The van der Waals surface area contributed by atoms with E-state index in [-0.39, 0.29) is 0 Å². The zero-order valence-electron chi connectivity index (χ0n) is 9.79. The second kappa shape index (κ2) is 5.27. The van der Waals surface area contributed by atoms with Crippen LogP contribution in [0.5, 0.6) is 0 Å². The highest BCUT2D eigenvalue weighted by Gasteiger charge is 2.05. The van der Waals surface area contributed by atoms with Crippen molar-refractivity contribution in [2.24, 2.45) is 0 Å². The number of nitrogens with zero attached hydrogens (tertiary/aromatic N) is 3. The number of benzene rings is 1. The Kier molecular flexibility index (Phi) is 3.48. The lowest BCUT2D eigenvalue weighted by atomic mass is 10.3. The molecule has 0 saturated carbocycles. The van der Waals surface area contributed by atoms with Crippen LogP contribution in [0.3, 0.4) is 0 Å². The van der Waals surface area contributed by atoms with Gasteiger partial charge in [0.1, 0.15) is 5.69 Å². The SMILES string of the molecule is Brc1cc(Br)cc(-n2ccc(-c3ccccn3)n2)c1. The summed E-state index contributed by atoms with van der Waals surface area (Å²) in [6.07, 6.45) is 3.70. The molecule has 0 atom stereocenters. The first kappa shape index (κ1) is 12.6. The van der Waals surface area contributed by atoms with E-state index in [1.54, 1.807) is 6.20 Å². The summed E-state index contributed by atoms with van der Waals surface area (Å²) in [6, 6.07) is 13.8. The molecule has 0 N–H and O–H groups in total. The number of hydrogen-bond acceptors (Lipinski definition) is 2. The third-order valence-electron chi connectivity index (χ3n) is 2.63. The zero-order chi connectivity index (χ0) is 13.2. The molecule has 3 rings (SSSR count). The zero-order valence-corrected chi connectivity index (χ0v) is 13.0. The summed E-state index contributed by atoms with van der Waals surface area (Å²) in [7, 11) is 0. The second-order valence-corrected chi connectivity index (χ2v) is 5.82. The molecule has 0 fully saturated rings. The van der Waals surface area contributed by atoms with E-state index in [1.165, 1.54) is 0 Å². The van der Waals surface area contributed by atoms with Crippen molar-refractivity contribution < 1.29 is 0 Å². The van der Waals surface area contributed by atoms with Crippen LogP contribution in [-0.4, -0.2) is 14.8 Å². The number of hydrogen-bond donors (Lipinski definition) is 0. The van der Waals surface area contributed by atoms with Crippen molar-refractivity contribution in [1.29, 1.82) is 0 Å². The monoisotopic (exact) mass is 377 g/mol. The fraction of sp³-hybridized carbons (Fsp3) is 0. The van der Waals surface area contributed by atoms with Crippen molar-refractivity contribution in [3.05, 3.63) is 63.8 Å². The lowest BCUT2D eigenvalue weighted by Crippen LogP contribution is -1.95. The van der Waals surface area contributed by atoms with Crippen molar-refractivity contribution in [3.8, 4) is 17.1 Å². The van der Waals surface area contributed by atoms with Gasteiger partial charge in [0.25, 0.3) is 0 Å². The molecule has 0 aliphatic carbocycles. The van der Waals surface area contributed by atoms with E-state index in [2.05, 4.69) is 41.9 Å². The van der Waals surface area contributed by atoms with Gasteiger partial charge in [-0.25, -0.2) is 4.68 Å². The van der Waals surface area contributed by atoms with Gasteiger partial charge in [-0.15, -0.1) is 0 Å². The van der Waals surface area contributed by atoms with Crippen LogP contribution in [0.15, 0.2) is 63.8 Å². The molecule has 3 nitrogen and oxygen atoms in total. The van der Waals surface area contributed by atoms with Gasteiger partial charge < -0.3 is 0 Å². The Morgan fingerprint density at radius 1 is 0.895 bits per heavy atom. The molecule has 0 radical (unpaired) electrons. The van der Waals surface area contributed by atoms with Crippen LogP contribution in [0, 0.1) is 0 Å². The van der Waals surface area contributed by atoms with Crippen molar-refractivity contribution in [2.75, 3.05) is 0 Å². The molecule has 0 spiro atoms. The maximum atomic E-state index is 4.55. The highest BCUT2D eigenvalue weighted by molar-refractivity contribution is 9.11. The molecular weight excluding hydrogens is 370 g/mol. The molecule has 0 amide bonds. The van der Waals surface area contributed by atoms with E-state index in [4.69, 9.17) is 0 Å². The van der Waals surface area contributed by atoms with Gasteiger partial charge in [-0.2, -0.15) is 5.10 Å². The highest BCUT2D eigenvalue weighted by atomic mass is 79.9. The minimum atomic E-state index is 0.858. The number of rotatable bonds is 2. The van der Waals surface area contributed by atoms with Crippen LogP contribution in [0.4, 0.5) is 0 Å². The standard InChI is InChI=1S/C14H9Br2N3/c15-10-7-11(16)9-12(8-10)19-6-4-14(18-19)13-3-1-2-5-17-13/h1-9H. The molecule has 2 heterocycles. The Bertz CT molecular complexity index is 687. The van der Waals surface area contributed by atoms with Crippen LogP contribution in [0.25, 0.3) is 17.1 Å². The van der Waals surface area contributed by atoms with E-state index in [0.29, 0.717) is 0 Å². The van der Waals surface area contributed by atoms with Crippen molar-refractivity contribution in [3.63, 3.8) is 0 Å². The maximum Gasteiger partial charge on any atom is 0.111 e. The lowest BCUT2D eigenvalue weighted by molar-refractivity contribution is 0.881. The normalized spacial score (nSPS) is 10.6. The van der Waals surface area contributed by atoms with Crippen LogP contribution >= 0.6 is 31.9 Å². The van der Waals surface area contributed by atoms with Gasteiger partial charge in [0.2, 0.25) is 0 Å². The average molecular weight is 379 g/mol. The summed E-state index contributed by atoms with van der Waals surface area (Å²) in [5, 5.41) is 4.55. The van der Waals surface area contributed by atoms with Gasteiger partial charge >= 0.3 is 0 Å². The number of halogens is 2. The van der Waals surface area contributed by atoms with Crippen LogP contribution in [0.2, 0.25) is 0 Å². The van der Waals surface area contributed by atoms with Crippen molar-refractivity contribution in [1.82, 2.24) is 14.8 Å². The Morgan fingerprint density at radius 2 is 1.68 bits per heavy atom. The fourth-order valence-electron chi connectivity index (χ4n) is 1.79. The largest absolute Gasteiger partial charge is 0.255 e. The Hall–Kier alpha value is -1.46. The minimum Gasteiger partial charge on any atom is -0.255 e. The predicted molar refractivity (Wildman–Crippen MR) is 82.2 cm³/mol. The molecule has 94 valence electrons. The molecule has 5 heteroatoms. The van der Waals surface area contributed by atoms with Gasteiger partial charge in [0.05, 0.1) is 11.4 Å². The fourth-order valence-corrected chi connectivity index (χ4v) is 3.06. The van der Waals surface area contributed by atoms with Gasteiger partial charge in [0, 0.05) is 21.3 Å². The van der Waals surface area contributed by atoms with E-state index in [9.17, 15) is 0 Å². The summed E-state index contributed by atoms with van der Waals surface area (Å²) in [4.78, 5) is 4.30.